The van der Waals surface area contributed by atoms with Crippen molar-refractivity contribution in [3.05, 3.63) is 84.1 Å². The third kappa shape index (κ3) is 5.23. The Bertz CT molecular complexity index is 1280. The van der Waals surface area contributed by atoms with Gasteiger partial charge in [0.25, 0.3) is 0 Å². The Morgan fingerprint density at radius 2 is 1.71 bits per heavy atom. The molecule has 1 saturated heterocycles. The van der Waals surface area contributed by atoms with E-state index in [0.717, 1.165) is 11.1 Å². The Morgan fingerprint density at radius 1 is 1.00 bits per heavy atom. The molecule has 1 atom stereocenters. The quantitative estimate of drug-likeness (QED) is 0.362. The Balaban J connectivity index is 1.49. The molecule has 8 heteroatoms. The van der Waals surface area contributed by atoms with Crippen LogP contribution in [0.2, 0.25) is 0 Å². The van der Waals surface area contributed by atoms with Gasteiger partial charge in [-0.05, 0) is 42.8 Å². The highest BCUT2D eigenvalue weighted by Crippen LogP contribution is 2.35. The minimum Gasteiger partial charge on any atom is -0.348 e. The molecule has 0 saturated carbocycles. The summed E-state index contributed by atoms with van der Waals surface area (Å²) in [5.74, 6) is 0.725. The second kappa shape index (κ2) is 9.56. The maximum atomic E-state index is 13.6. The van der Waals surface area contributed by atoms with E-state index in [0.29, 0.717) is 42.1 Å². The van der Waals surface area contributed by atoms with E-state index in [2.05, 4.69) is 48.2 Å². The highest BCUT2D eigenvalue weighted by atomic mass is 19.1. The molecule has 0 radical (unpaired) electrons. The van der Waals surface area contributed by atoms with Gasteiger partial charge in [-0.2, -0.15) is 0 Å². The van der Waals surface area contributed by atoms with E-state index in [1.807, 2.05) is 24.3 Å². The van der Waals surface area contributed by atoms with Crippen LogP contribution in [0.1, 0.15) is 44.5 Å². The first kappa shape index (κ1) is 23.1. The Morgan fingerprint density at radius 3 is 2.43 bits per heavy atom. The van der Waals surface area contributed by atoms with Crippen molar-refractivity contribution in [3.63, 3.8) is 0 Å². The van der Waals surface area contributed by atoms with Gasteiger partial charge in [0, 0.05) is 17.2 Å². The van der Waals surface area contributed by atoms with E-state index < -0.39 is 6.29 Å². The first-order valence-electron chi connectivity index (χ1n) is 11.6. The normalized spacial score (nSPS) is 16.7. The molecule has 1 aliphatic rings. The lowest BCUT2D eigenvalue weighted by Gasteiger charge is -2.33. The largest absolute Gasteiger partial charge is 0.348 e. The predicted octanol–water partition coefficient (Wildman–Crippen LogP) is 5.92. The number of nitrogens with one attached hydrogen (secondary N) is 2. The topological polar surface area (TPSA) is 85.0 Å². The second-order valence-corrected chi connectivity index (χ2v) is 9.51. The van der Waals surface area contributed by atoms with Crippen molar-refractivity contribution < 1.29 is 13.9 Å². The van der Waals surface area contributed by atoms with Crippen LogP contribution >= 0.6 is 0 Å². The number of anilines is 1. The van der Waals surface area contributed by atoms with Crippen LogP contribution in [-0.2, 0) is 9.47 Å². The summed E-state index contributed by atoms with van der Waals surface area (Å²) in [5, 5.41) is 3.36. The zero-order valence-electron chi connectivity index (χ0n) is 20.0. The lowest BCUT2D eigenvalue weighted by atomic mass is 9.96. The molecule has 7 nitrogen and oxygen atoms in total. The maximum absolute atomic E-state index is 13.6. The summed E-state index contributed by atoms with van der Waals surface area (Å²) in [4.78, 5) is 17.3. The fourth-order valence-electron chi connectivity index (χ4n) is 3.94. The number of aromatic amines is 1. The lowest BCUT2D eigenvalue weighted by Crippen LogP contribution is -2.34. The Kier molecular flexibility index (Phi) is 6.32. The molecule has 2 aromatic heterocycles. The minimum absolute atomic E-state index is 0.0211. The van der Waals surface area contributed by atoms with Crippen LogP contribution in [0.5, 0.6) is 0 Å². The molecule has 180 valence electrons. The number of aromatic nitrogens is 4. The Hall–Kier alpha value is -3.62. The fourth-order valence-corrected chi connectivity index (χ4v) is 3.94. The molecular weight excluding hydrogens is 445 g/mol. The summed E-state index contributed by atoms with van der Waals surface area (Å²) < 4.78 is 25.5. The number of hydrogen-bond donors (Lipinski definition) is 2. The molecular formula is C27H28FN5O2. The van der Waals surface area contributed by atoms with Gasteiger partial charge in [-0.15, -0.1) is 0 Å². The first-order valence-corrected chi connectivity index (χ1v) is 11.6. The number of benzene rings is 2. The summed E-state index contributed by atoms with van der Waals surface area (Å²) in [6, 6.07) is 18.2. The highest BCUT2D eigenvalue weighted by Gasteiger charge is 2.32. The molecule has 0 unspecified atom stereocenters. The van der Waals surface area contributed by atoms with E-state index in [1.165, 1.54) is 12.1 Å². The van der Waals surface area contributed by atoms with E-state index >= 15 is 0 Å². The molecule has 2 N–H and O–H groups in total. The molecule has 0 aliphatic carbocycles. The molecule has 1 aliphatic heterocycles. The number of ether oxygens (including phenoxy) is 2. The van der Waals surface area contributed by atoms with E-state index in [4.69, 9.17) is 19.4 Å². The smallest absolute Gasteiger partial charge is 0.223 e. The van der Waals surface area contributed by atoms with Gasteiger partial charge in [0.15, 0.2) is 5.82 Å². The summed E-state index contributed by atoms with van der Waals surface area (Å²) in [6.45, 7) is 7.35. The standard InChI is InChI=1S/C27H28FN5O2/c1-17(18-7-5-4-6-8-18)30-26-29-14-13-21(31-26)23-22(19-9-11-20(28)12-10-19)32-24(33-23)25-34-15-27(2,3)16-35-25/h4-14,17,25H,15-16H2,1-3H3,(H,32,33)(H,29,30,31)/t17-/m1/s1. The third-order valence-electron chi connectivity index (χ3n) is 5.87. The molecule has 35 heavy (non-hydrogen) atoms. The van der Waals surface area contributed by atoms with Crippen LogP contribution in [0.25, 0.3) is 22.6 Å². The van der Waals surface area contributed by atoms with Crippen molar-refractivity contribution in [2.24, 2.45) is 5.41 Å². The maximum Gasteiger partial charge on any atom is 0.223 e. The average Bonchev–Trinajstić information content (AvgIpc) is 3.31. The monoisotopic (exact) mass is 473 g/mol. The molecule has 0 bridgehead atoms. The summed E-state index contributed by atoms with van der Waals surface area (Å²) in [5.41, 5.74) is 3.79. The molecule has 4 aromatic rings. The lowest BCUT2D eigenvalue weighted by molar-refractivity contribution is -0.229. The zero-order valence-corrected chi connectivity index (χ0v) is 20.0. The van der Waals surface area contributed by atoms with Crippen molar-refractivity contribution in [2.75, 3.05) is 18.5 Å². The van der Waals surface area contributed by atoms with Crippen LogP contribution in [0.15, 0.2) is 66.9 Å². The molecule has 0 amide bonds. The highest BCUT2D eigenvalue weighted by molar-refractivity contribution is 5.77. The van der Waals surface area contributed by atoms with Gasteiger partial charge < -0.3 is 19.8 Å². The second-order valence-electron chi connectivity index (χ2n) is 9.51. The molecule has 0 spiro atoms. The van der Waals surface area contributed by atoms with Gasteiger partial charge in [0.05, 0.1) is 36.3 Å². The molecule has 2 aromatic carbocycles. The predicted molar refractivity (Wildman–Crippen MR) is 132 cm³/mol. The minimum atomic E-state index is -0.617. The van der Waals surface area contributed by atoms with Crippen LogP contribution in [0, 0.1) is 11.2 Å². The van der Waals surface area contributed by atoms with E-state index in [9.17, 15) is 4.39 Å². The number of hydrogen-bond acceptors (Lipinski definition) is 6. The van der Waals surface area contributed by atoms with Crippen molar-refractivity contribution in [2.45, 2.75) is 33.1 Å². The van der Waals surface area contributed by atoms with Gasteiger partial charge in [-0.1, -0.05) is 44.2 Å². The SMILES string of the molecule is C[C@@H](Nc1nccc(-c2[nH]c(C3OCC(C)(C)CO3)nc2-c2ccc(F)cc2)n1)c1ccccc1. The van der Waals surface area contributed by atoms with Gasteiger partial charge in [-0.3, -0.25) is 0 Å². The van der Waals surface area contributed by atoms with Gasteiger partial charge in [0.1, 0.15) is 5.82 Å². The van der Waals surface area contributed by atoms with Crippen molar-refractivity contribution in [3.8, 4) is 22.6 Å². The summed E-state index contributed by atoms with van der Waals surface area (Å²) >= 11 is 0. The Labute approximate surface area is 203 Å². The van der Waals surface area contributed by atoms with E-state index in [1.54, 1.807) is 18.3 Å². The number of rotatable bonds is 6. The number of H-pyrrole nitrogens is 1. The molecule has 5 rings (SSSR count). The molecule has 3 heterocycles. The zero-order chi connectivity index (χ0) is 24.4. The summed E-state index contributed by atoms with van der Waals surface area (Å²) in [6.07, 6.45) is 1.08. The van der Waals surface area contributed by atoms with E-state index in [-0.39, 0.29) is 17.3 Å². The fraction of sp³-hybridized carbons (Fsp3) is 0.296. The molecule has 1 fully saturated rings. The van der Waals surface area contributed by atoms with Gasteiger partial charge >= 0.3 is 0 Å². The van der Waals surface area contributed by atoms with Crippen LogP contribution in [0.3, 0.4) is 0 Å². The van der Waals surface area contributed by atoms with Crippen molar-refractivity contribution in [1.82, 2.24) is 19.9 Å². The third-order valence-corrected chi connectivity index (χ3v) is 5.87. The van der Waals surface area contributed by atoms with Crippen LogP contribution in [-0.4, -0.2) is 33.1 Å². The number of nitrogens with zero attached hydrogens (tertiary/aromatic N) is 3. The number of imidazole rings is 1. The van der Waals surface area contributed by atoms with Crippen molar-refractivity contribution in [1.29, 1.82) is 0 Å². The number of halogens is 1. The first-order chi connectivity index (χ1) is 16.9. The van der Waals surface area contributed by atoms with Crippen LogP contribution < -0.4 is 5.32 Å². The van der Waals surface area contributed by atoms with Gasteiger partial charge in [0.2, 0.25) is 12.2 Å². The summed E-state index contributed by atoms with van der Waals surface area (Å²) in [7, 11) is 0. The average molecular weight is 474 g/mol. The van der Waals surface area contributed by atoms with Gasteiger partial charge in [-0.25, -0.2) is 19.3 Å². The van der Waals surface area contributed by atoms with Crippen molar-refractivity contribution >= 4 is 5.95 Å². The van der Waals surface area contributed by atoms with Crippen LogP contribution in [0.4, 0.5) is 10.3 Å².